The van der Waals surface area contributed by atoms with E-state index in [0.717, 1.165) is 12.8 Å². The van der Waals surface area contributed by atoms with Crippen LogP contribution in [0.25, 0.3) is 0 Å². The van der Waals surface area contributed by atoms with Crippen LogP contribution in [0, 0.1) is 5.92 Å². The highest BCUT2D eigenvalue weighted by Crippen LogP contribution is 2.46. The van der Waals surface area contributed by atoms with E-state index in [1.165, 1.54) is 12.8 Å². The molecule has 14 heavy (non-hydrogen) atoms. The highest BCUT2D eigenvalue weighted by molar-refractivity contribution is 7.57. The van der Waals surface area contributed by atoms with Gasteiger partial charge >= 0.3 is 0 Å². The molecule has 84 valence electrons. The Labute approximate surface area is 86.3 Å². The third-order valence-electron chi connectivity index (χ3n) is 2.63. The molecule has 0 heterocycles. The molecule has 1 saturated carbocycles. The SMILES string of the molecule is CC(C)OCP(=O)(O)CC1CCCC1. The summed E-state index contributed by atoms with van der Waals surface area (Å²) in [5, 5.41) is 0. The summed E-state index contributed by atoms with van der Waals surface area (Å²) in [5.74, 6) is 0.460. The Morgan fingerprint density at radius 1 is 1.43 bits per heavy atom. The van der Waals surface area contributed by atoms with Gasteiger partial charge in [-0.2, -0.15) is 0 Å². The zero-order chi connectivity index (χ0) is 10.6. The summed E-state index contributed by atoms with van der Waals surface area (Å²) in [4.78, 5) is 9.65. The lowest BCUT2D eigenvalue weighted by Gasteiger charge is -2.17. The van der Waals surface area contributed by atoms with Crippen molar-refractivity contribution in [2.45, 2.75) is 45.6 Å². The van der Waals surface area contributed by atoms with E-state index < -0.39 is 7.37 Å². The Morgan fingerprint density at radius 3 is 2.50 bits per heavy atom. The molecular weight excluding hydrogens is 199 g/mol. The van der Waals surface area contributed by atoms with Crippen LogP contribution in [0.15, 0.2) is 0 Å². The summed E-state index contributed by atoms with van der Waals surface area (Å²) < 4.78 is 16.9. The van der Waals surface area contributed by atoms with E-state index in [2.05, 4.69) is 0 Å². The van der Waals surface area contributed by atoms with Crippen molar-refractivity contribution in [1.29, 1.82) is 0 Å². The van der Waals surface area contributed by atoms with E-state index in [1.807, 2.05) is 13.8 Å². The van der Waals surface area contributed by atoms with Crippen LogP contribution < -0.4 is 0 Å². The molecule has 0 aromatic carbocycles. The van der Waals surface area contributed by atoms with E-state index in [-0.39, 0.29) is 12.5 Å². The fourth-order valence-electron chi connectivity index (χ4n) is 1.91. The third kappa shape index (κ3) is 4.59. The Balaban J connectivity index is 2.29. The van der Waals surface area contributed by atoms with Gasteiger partial charge in [-0.1, -0.05) is 12.8 Å². The molecule has 1 rings (SSSR count). The first-order valence-corrected chi connectivity index (χ1v) is 7.45. The molecular formula is C10H21O3P. The molecule has 1 atom stereocenters. The van der Waals surface area contributed by atoms with Crippen molar-refractivity contribution in [1.82, 2.24) is 0 Å². The lowest BCUT2D eigenvalue weighted by molar-refractivity contribution is 0.109. The van der Waals surface area contributed by atoms with Crippen LogP contribution in [0.1, 0.15) is 39.5 Å². The van der Waals surface area contributed by atoms with E-state index in [9.17, 15) is 9.46 Å². The van der Waals surface area contributed by atoms with Gasteiger partial charge in [0.25, 0.3) is 0 Å². The Hall–Kier alpha value is 0.150. The maximum atomic E-state index is 11.7. The van der Waals surface area contributed by atoms with Crippen molar-refractivity contribution in [3.8, 4) is 0 Å². The highest BCUT2D eigenvalue weighted by Gasteiger charge is 2.26. The summed E-state index contributed by atoms with van der Waals surface area (Å²) >= 11 is 0. The number of ether oxygens (including phenoxy) is 1. The fourth-order valence-corrected chi connectivity index (χ4v) is 3.72. The Kier molecular flexibility index (Phi) is 4.62. The van der Waals surface area contributed by atoms with Gasteiger partial charge in [0, 0.05) is 6.16 Å². The molecule has 0 spiro atoms. The molecule has 1 N–H and O–H groups in total. The van der Waals surface area contributed by atoms with Crippen LogP contribution in [0.2, 0.25) is 0 Å². The molecule has 0 bridgehead atoms. The predicted octanol–water partition coefficient (Wildman–Crippen LogP) is 2.83. The van der Waals surface area contributed by atoms with Crippen LogP contribution in [0.4, 0.5) is 0 Å². The van der Waals surface area contributed by atoms with E-state index >= 15 is 0 Å². The summed E-state index contributed by atoms with van der Waals surface area (Å²) in [7, 11) is -3.02. The quantitative estimate of drug-likeness (QED) is 0.725. The lowest BCUT2D eigenvalue weighted by atomic mass is 10.1. The first kappa shape index (κ1) is 12.2. The van der Waals surface area contributed by atoms with Gasteiger partial charge in [0.1, 0.15) is 6.35 Å². The molecule has 0 aromatic heterocycles. The van der Waals surface area contributed by atoms with Crippen molar-refractivity contribution >= 4 is 7.37 Å². The van der Waals surface area contributed by atoms with Gasteiger partial charge in [-0.15, -0.1) is 0 Å². The van der Waals surface area contributed by atoms with Gasteiger partial charge in [-0.05, 0) is 32.6 Å². The second-order valence-electron chi connectivity index (χ2n) is 4.52. The first-order chi connectivity index (χ1) is 6.49. The standard InChI is InChI=1S/C10H21O3P/c1-9(2)13-8-14(11,12)7-10-5-3-4-6-10/h9-10H,3-8H2,1-2H3,(H,11,12). The summed E-state index contributed by atoms with van der Waals surface area (Å²) in [6.07, 6.45) is 5.20. The van der Waals surface area contributed by atoms with E-state index in [0.29, 0.717) is 12.1 Å². The molecule has 1 aliphatic carbocycles. The monoisotopic (exact) mass is 220 g/mol. The van der Waals surface area contributed by atoms with Crippen LogP contribution in [0.5, 0.6) is 0 Å². The summed E-state index contributed by atoms with van der Waals surface area (Å²) in [6.45, 7) is 3.77. The first-order valence-electron chi connectivity index (χ1n) is 5.42. The molecule has 1 fully saturated rings. The van der Waals surface area contributed by atoms with Gasteiger partial charge in [-0.25, -0.2) is 0 Å². The van der Waals surface area contributed by atoms with Crippen molar-refractivity contribution in [2.24, 2.45) is 5.92 Å². The smallest absolute Gasteiger partial charge is 0.225 e. The molecule has 1 aliphatic rings. The molecule has 1 unspecified atom stereocenters. The van der Waals surface area contributed by atoms with Crippen molar-refractivity contribution < 1.29 is 14.2 Å². The molecule has 0 aromatic rings. The number of rotatable bonds is 5. The zero-order valence-electron chi connectivity index (χ0n) is 9.11. The topological polar surface area (TPSA) is 46.5 Å². The minimum atomic E-state index is -3.02. The minimum Gasteiger partial charge on any atom is -0.369 e. The third-order valence-corrected chi connectivity index (χ3v) is 4.27. The van der Waals surface area contributed by atoms with Gasteiger partial charge < -0.3 is 9.63 Å². The second-order valence-corrected chi connectivity index (χ2v) is 6.84. The molecule has 0 saturated heterocycles. The Bertz CT molecular complexity index is 209. The number of hydrogen-bond acceptors (Lipinski definition) is 2. The molecule has 0 aliphatic heterocycles. The molecule has 4 heteroatoms. The molecule has 3 nitrogen and oxygen atoms in total. The zero-order valence-corrected chi connectivity index (χ0v) is 10.0. The molecule has 0 radical (unpaired) electrons. The molecule has 0 amide bonds. The second kappa shape index (κ2) is 5.29. The maximum absolute atomic E-state index is 11.7. The van der Waals surface area contributed by atoms with Crippen molar-refractivity contribution in [2.75, 3.05) is 12.5 Å². The van der Waals surface area contributed by atoms with Crippen LogP contribution >= 0.6 is 7.37 Å². The van der Waals surface area contributed by atoms with Gasteiger partial charge in [0.05, 0.1) is 6.10 Å². The van der Waals surface area contributed by atoms with E-state index in [1.54, 1.807) is 0 Å². The van der Waals surface area contributed by atoms with Crippen LogP contribution in [0.3, 0.4) is 0 Å². The van der Waals surface area contributed by atoms with Crippen molar-refractivity contribution in [3.63, 3.8) is 0 Å². The summed E-state index contributed by atoms with van der Waals surface area (Å²) in [5.41, 5.74) is 0. The van der Waals surface area contributed by atoms with Crippen molar-refractivity contribution in [3.05, 3.63) is 0 Å². The fraction of sp³-hybridized carbons (Fsp3) is 1.00. The van der Waals surface area contributed by atoms with Crippen LogP contribution in [-0.4, -0.2) is 23.5 Å². The largest absolute Gasteiger partial charge is 0.369 e. The maximum Gasteiger partial charge on any atom is 0.225 e. The highest BCUT2D eigenvalue weighted by atomic mass is 31.2. The van der Waals surface area contributed by atoms with Gasteiger partial charge in [0.15, 0.2) is 0 Å². The Morgan fingerprint density at radius 2 is 2.00 bits per heavy atom. The average molecular weight is 220 g/mol. The number of hydrogen-bond donors (Lipinski definition) is 1. The minimum absolute atomic E-state index is 0.0289. The predicted molar refractivity (Wildman–Crippen MR) is 57.7 cm³/mol. The van der Waals surface area contributed by atoms with Gasteiger partial charge in [-0.3, -0.25) is 4.57 Å². The lowest BCUT2D eigenvalue weighted by Crippen LogP contribution is -2.09. The van der Waals surface area contributed by atoms with Crippen LogP contribution in [-0.2, 0) is 9.30 Å². The van der Waals surface area contributed by atoms with Gasteiger partial charge in [0.2, 0.25) is 7.37 Å². The average Bonchev–Trinajstić information content (AvgIpc) is 2.53. The van der Waals surface area contributed by atoms with E-state index in [4.69, 9.17) is 4.74 Å². The summed E-state index contributed by atoms with van der Waals surface area (Å²) in [6, 6.07) is 0. The normalized spacial score (nSPS) is 22.9.